The van der Waals surface area contributed by atoms with Crippen molar-refractivity contribution in [1.29, 1.82) is 0 Å². The number of ketones is 1. The summed E-state index contributed by atoms with van der Waals surface area (Å²) in [6.07, 6.45) is 3.65. The van der Waals surface area contributed by atoms with Crippen LogP contribution in [0.3, 0.4) is 0 Å². The smallest absolute Gasteiger partial charge is 0.170 e. The van der Waals surface area contributed by atoms with Crippen molar-refractivity contribution in [3.8, 4) is 0 Å². The van der Waals surface area contributed by atoms with Gasteiger partial charge in [-0.3, -0.25) is 4.79 Å². The molecule has 3 N–H and O–H groups in total. The summed E-state index contributed by atoms with van der Waals surface area (Å²) < 4.78 is 6.22. The van der Waals surface area contributed by atoms with Crippen LogP contribution in [0.25, 0.3) is 0 Å². The van der Waals surface area contributed by atoms with Crippen LogP contribution in [0.15, 0.2) is 0 Å². The van der Waals surface area contributed by atoms with Crippen LogP contribution in [-0.2, 0) is 9.53 Å². The average molecular weight is 328 g/mol. The topological polar surface area (TPSA) is 72.5 Å². The lowest BCUT2D eigenvalue weighted by molar-refractivity contribution is -0.145. The minimum atomic E-state index is -1.39. The molecule has 0 aromatic heterocycles. The van der Waals surface area contributed by atoms with Gasteiger partial charge in [-0.2, -0.15) is 0 Å². The summed E-state index contributed by atoms with van der Waals surface area (Å²) in [7, 11) is 0. The summed E-state index contributed by atoms with van der Waals surface area (Å²) in [6, 6.07) is 0. The molecular formula is C19H37NO3. The molecule has 0 bridgehead atoms. The Morgan fingerprint density at radius 3 is 2.26 bits per heavy atom. The van der Waals surface area contributed by atoms with Crippen LogP contribution in [0.5, 0.6) is 0 Å². The minimum Gasteiger partial charge on any atom is -0.383 e. The first kappa shape index (κ1) is 20.6. The zero-order chi connectivity index (χ0) is 18.0. The third-order valence-corrected chi connectivity index (χ3v) is 5.26. The number of aliphatic hydroxyl groups is 1. The molecular weight excluding hydrogens is 290 g/mol. The predicted octanol–water partition coefficient (Wildman–Crippen LogP) is 3.16. The van der Waals surface area contributed by atoms with Gasteiger partial charge in [-0.05, 0) is 58.3 Å². The van der Waals surface area contributed by atoms with E-state index in [1.807, 2.05) is 13.8 Å². The van der Waals surface area contributed by atoms with E-state index in [0.29, 0.717) is 17.8 Å². The van der Waals surface area contributed by atoms with Gasteiger partial charge in [0.1, 0.15) is 5.60 Å². The van der Waals surface area contributed by atoms with Crippen molar-refractivity contribution in [2.45, 2.75) is 85.0 Å². The molecule has 1 aliphatic carbocycles. The second kappa shape index (κ2) is 7.62. The van der Waals surface area contributed by atoms with E-state index < -0.39 is 17.1 Å². The molecule has 0 spiro atoms. The van der Waals surface area contributed by atoms with Gasteiger partial charge < -0.3 is 15.6 Å². The highest BCUT2D eigenvalue weighted by Crippen LogP contribution is 2.36. The Morgan fingerprint density at radius 2 is 1.83 bits per heavy atom. The normalized spacial score (nSPS) is 28.0. The first-order chi connectivity index (χ1) is 10.3. The van der Waals surface area contributed by atoms with Gasteiger partial charge in [0.15, 0.2) is 5.78 Å². The Kier molecular flexibility index (Phi) is 6.83. The van der Waals surface area contributed by atoms with E-state index >= 15 is 0 Å². The zero-order valence-corrected chi connectivity index (χ0v) is 16.1. The fourth-order valence-corrected chi connectivity index (χ4v) is 3.58. The van der Waals surface area contributed by atoms with Crippen LogP contribution < -0.4 is 5.73 Å². The molecule has 0 aromatic carbocycles. The largest absolute Gasteiger partial charge is 0.383 e. The first-order valence-corrected chi connectivity index (χ1v) is 9.01. The molecule has 136 valence electrons. The highest BCUT2D eigenvalue weighted by atomic mass is 16.5. The lowest BCUT2D eigenvalue weighted by Gasteiger charge is -2.39. The van der Waals surface area contributed by atoms with Crippen LogP contribution in [-0.4, -0.2) is 34.7 Å². The maximum atomic E-state index is 12.6. The molecule has 0 unspecified atom stereocenters. The van der Waals surface area contributed by atoms with Gasteiger partial charge >= 0.3 is 0 Å². The monoisotopic (exact) mass is 327 g/mol. The minimum absolute atomic E-state index is 0.179. The van der Waals surface area contributed by atoms with Crippen molar-refractivity contribution in [3.63, 3.8) is 0 Å². The molecule has 1 rings (SSSR count). The Labute approximate surface area is 142 Å². The number of rotatable bonds is 7. The van der Waals surface area contributed by atoms with Gasteiger partial charge in [0.25, 0.3) is 0 Å². The lowest BCUT2D eigenvalue weighted by Crippen LogP contribution is -2.53. The Balaban J connectivity index is 2.82. The van der Waals surface area contributed by atoms with Crippen molar-refractivity contribution in [2.24, 2.45) is 29.4 Å². The first-order valence-electron chi connectivity index (χ1n) is 9.01. The quantitative estimate of drug-likeness (QED) is 0.753. The molecule has 23 heavy (non-hydrogen) atoms. The zero-order valence-electron chi connectivity index (χ0n) is 16.1. The third-order valence-electron chi connectivity index (χ3n) is 5.26. The maximum Gasteiger partial charge on any atom is 0.170 e. The molecule has 1 aliphatic rings. The van der Waals surface area contributed by atoms with Gasteiger partial charge in [-0.25, -0.2) is 0 Å². The molecule has 0 aliphatic heterocycles. The van der Waals surface area contributed by atoms with Gasteiger partial charge in [-0.1, -0.05) is 27.2 Å². The second-order valence-corrected chi connectivity index (χ2v) is 9.00. The fraction of sp³-hybridized carbons (Fsp3) is 0.947. The SMILES string of the molecule is CC(C)[C@@H]1CC[C@@H](C)C[C@H]1OC[C@@H](C(=O)C(C)(C)O)C(C)(C)N. The van der Waals surface area contributed by atoms with Gasteiger partial charge in [0, 0.05) is 5.54 Å². The van der Waals surface area contributed by atoms with E-state index in [9.17, 15) is 9.90 Å². The van der Waals surface area contributed by atoms with Crippen molar-refractivity contribution in [2.75, 3.05) is 6.61 Å². The lowest BCUT2D eigenvalue weighted by atomic mass is 9.75. The number of carbonyl (C=O) groups is 1. The van der Waals surface area contributed by atoms with Crippen LogP contribution in [0.4, 0.5) is 0 Å². The average Bonchev–Trinajstić information content (AvgIpc) is 2.35. The number of hydrogen-bond donors (Lipinski definition) is 2. The molecule has 0 heterocycles. The molecule has 4 heteroatoms. The van der Waals surface area contributed by atoms with Gasteiger partial charge in [0.2, 0.25) is 0 Å². The van der Waals surface area contributed by atoms with E-state index in [2.05, 4.69) is 20.8 Å². The number of ether oxygens (including phenoxy) is 1. The number of carbonyl (C=O) groups excluding carboxylic acids is 1. The van der Waals surface area contributed by atoms with E-state index in [1.165, 1.54) is 26.7 Å². The van der Waals surface area contributed by atoms with Gasteiger partial charge in [0.05, 0.1) is 18.6 Å². The van der Waals surface area contributed by atoms with Crippen molar-refractivity contribution in [1.82, 2.24) is 0 Å². The number of Topliss-reactive ketones (excluding diaryl/α,β-unsaturated/α-hetero) is 1. The summed E-state index contributed by atoms with van der Waals surface area (Å²) in [5.74, 6) is 1.01. The van der Waals surface area contributed by atoms with Crippen molar-refractivity contribution < 1.29 is 14.6 Å². The highest BCUT2D eigenvalue weighted by molar-refractivity contribution is 5.89. The van der Waals surface area contributed by atoms with E-state index in [4.69, 9.17) is 10.5 Å². The molecule has 1 saturated carbocycles. The summed E-state index contributed by atoms with van der Waals surface area (Å²) in [5, 5.41) is 10.1. The Hall–Kier alpha value is -0.450. The molecule has 0 aromatic rings. The van der Waals surface area contributed by atoms with Crippen molar-refractivity contribution >= 4 is 5.78 Å². The Bertz CT molecular complexity index is 392. The highest BCUT2D eigenvalue weighted by Gasteiger charge is 2.40. The fourth-order valence-electron chi connectivity index (χ4n) is 3.58. The standard InChI is InChI=1S/C19H37NO3/c1-12(2)14-9-8-13(3)10-16(14)23-11-15(18(4,5)20)17(21)19(6,7)22/h12-16,22H,8-11,20H2,1-7H3/t13-,14+,15+,16-/m1/s1. The molecule has 0 amide bonds. The van der Waals surface area contributed by atoms with Gasteiger partial charge in [-0.15, -0.1) is 0 Å². The van der Waals surface area contributed by atoms with Crippen LogP contribution in [0.2, 0.25) is 0 Å². The van der Waals surface area contributed by atoms with Crippen LogP contribution >= 0.6 is 0 Å². The molecule has 0 saturated heterocycles. The van der Waals surface area contributed by atoms with E-state index in [-0.39, 0.29) is 18.5 Å². The summed E-state index contributed by atoms with van der Waals surface area (Å²) >= 11 is 0. The van der Waals surface area contributed by atoms with Crippen LogP contribution in [0.1, 0.15) is 67.7 Å². The number of hydrogen-bond acceptors (Lipinski definition) is 4. The molecule has 0 radical (unpaired) electrons. The number of nitrogens with two attached hydrogens (primary N) is 1. The second-order valence-electron chi connectivity index (χ2n) is 9.00. The summed E-state index contributed by atoms with van der Waals surface area (Å²) in [6.45, 7) is 13.7. The summed E-state index contributed by atoms with van der Waals surface area (Å²) in [5.41, 5.74) is 4.10. The van der Waals surface area contributed by atoms with E-state index in [0.717, 1.165) is 6.42 Å². The predicted molar refractivity (Wildman–Crippen MR) is 94.1 cm³/mol. The third kappa shape index (κ3) is 5.84. The Morgan fingerprint density at radius 1 is 1.26 bits per heavy atom. The van der Waals surface area contributed by atoms with Crippen molar-refractivity contribution in [3.05, 3.63) is 0 Å². The van der Waals surface area contributed by atoms with Crippen LogP contribution in [0, 0.1) is 23.7 Å². The summed E-state index contributed by atoms with van der Waals surface area (Å²) in [4.78, 5) is 12.6. The molecule has 4 nitrogen and oxygen atoms in total. The maximum absolute atomic E-state index is 12.6. The van der Waals surface area contributed by atoms with E-state index in [1.54, 1.807) is 0 Å². The molecule has 4 atom stereocenters. The molecule has 1 fully saturated rings.